The molecular formula is C86H106N4O19Si2. The third-order valence-electron chi connectivity index (χ3n) is 21.8. The van der Waals surface area contributed by atoms with Gasteiger partial charge in [-0.15, -0.1) is 0 Å². The Balaban J connectivity index is 0.000000191. The number of ketones is 4. The molecule has 0 saturated heterocycles. The van der Waals surface area contributed by atoms with E-state index < -0.39 is 104 Å². The quantitative estimate of drug-likeness (QED) is 0.0291. The molecular weight excluding hydrogens is 1450 g/mol. The number of para-hydroxylation sites is 1. The summed E-state index contributed by atoms with van der Waals surface area (Å²) in [6.07, 6.45) is 2.94. The first-order valence-corrected chi connectivity index (χ1v) is 43.4. The van der Waals surface area contributed by atoms with Crippen LogP contribution in [0.5, 0.6) is 29.0 Å². The van der Waals surface area contributed by atoms with Crippen LogP contribution in [0.1, 0.15) is 198 Å². The third kappa shape index (κ3) is 17.1. The van der Waals surface area contributed by atoms with E-state index in [1.807, 2.05) is 165 Å². The molecule has 0 aliphatic heterocycles. The van der Waals surface area contributed by atoms with Gasteiger partial charge in [0, 0.05) is 17.4 Å². The van der Waals surface area contributed by atoms with Gasteiger partial charge in [0.2, 0.25) is 17.3 Å². The van der Waals surface area contributed by atoms with Crippen molar-refractivity contribution < 1.29 is 89.7 Å². The van der Waals surface area contributed by atoms with E-state index in [0.29, 0.717) is 42.1 Å². The van der Waals surface area contributed by atoms with Crippen molar-refractivity contribution in [2.24, 2.45) is 17.8 Å². The summed E-state index contributed by atoms with van der Waals surface area (Å²) in [6, 6.07) is 37.1. The van der Waals surface area contributed by atoms with Crippen molar-refractivity contribution in [3.8, 4) is 29.0 Å². The molecule has 0 radical (unpaired) electrons. The number of hydrogen-bond acceptors (Lipinski definition) is 23. The van der Waals surface area contributed by atoms with Crippen molar-refractivity contribution in [1.82, 2.24) is 20.1 Å². The lowest BCUT2D eigenvalue weighted by atomic mass is 9.55. The Kier molecular flexibility index (Phi) is 24.3. The number of Topliss-reactive ketones (excluding diaryl/α,β-unsaturated/α-hetero) is 3. The Morgan fingerprint density at radius 1 is 0.559 bits per heavy atom. The second-order valence-corrected chi connectivity index (χ2v) is 43.8. The highest BCUT2D eigenvalue weighted by molar-refractivity contribution is 6.75. The van der Waals surface area contributed by atoms with Gasteiger partial charge >= 0.3 is 18.3 Å². The van der Waals surface area contributed by atoms with Gasteiger partial charge in [-0.3, -0.25) is 29.0 Å². The van der Waals surface area contributed by atoms with E-state index in [2.05, 4.69) is 44.2 Å². The molecule has 0 amide bonds. The molecule has 0 spiro atoms. The number of aliphatic hydroxyl groups excluding tert-OH is 1. The second kappa shape index (κ2) is 32.2. The second-order valence-electron chi connectivity index (χ2n) is 34.3. The molecule has 5 aliphatic rings. The van der Waals surface area contributed by atoms with Crippen LogP contribution in [0.25, 0.3) is 5.76 Å². The Bertz CT molecular complexity index is 4690. The lowest BCUT2D eigenvalue weighted by molar-refractivity contribution is -0.141. The number of hydrogen-bond donors (Lipinski definition) is 1. The average Bonchev–Trinajstić information content (AvgIpc) is 1.67. The van der Waals surface area contributed by atoms with E-state index in [1.165, 1.54) is 6.08 Å². The summed E-state index contributed by atoms with van der Waals surface area (Å²) in [5.41, 5.74) is -1.15. The molecule has 5 aromatic carbocycles. The molecule has 1 saturated carbocycles. The predicted octanol–water partition coefficient (Wildman–Crippen LogP) is 18.2. The zero-order valence-corrected chi connectivity index (χ0v) is 69.9. The van der Waals surface area contributed by atoms with Crippen LogP contribution in [0.2, 0.25) is 36.3 Å². The molecule has 111 heavy (non-hydrogen) atoms. The summed E-state index contributed by atoms with van der Waals surface area (Å²) in [5, 5.41) is 20.0. The number of aliphatic hydroxyl groups is 1. The van der Waals surface area contributed by atoms with Crippen molar-refractivity contribution in [3.63, 3.8) is 0 Å². The number of carbonyl (C=O) groups excluding carboxylic acids is 7. The van der Waals surface area contributed by atoms with Crippen LogP contribution >= 0.6 is 0 Å². The Hall–Kier alpha value is -9.64. The minimum Gasteiger partial charge on any atom is -0.507 e. The Labute approximate surface area is 652 Å². The highest BCUT2D eigenvalue weighted by Crippen LogP contribution is 2.62. The van der Waals surface area contributed by atoms with Crippen LogP contribution in [-0.2, 0) is 47.5 Å². The molecule has 25 heteroatoms. The van der Waals surface area contributed by atoms with Gasteiger partial charge in [-0.25, -0.2) is 14.4 Å². The van der Waals surface area contributed by atoms with Gasteiger partial charge in [-0.2, -0.15) is 0 Å². The summed E-state index contributed by atoms with van der Waals surface area (Å²) in [5.74, 6) is -3.36. The largest absolute Gasteiger partial charge is 0.514 e. The monoisotopic (exact) mass is 1550 g/mol. The van der Waals surface area contributed by atoms with Crippen LogP contribution in [-0.4, -0.2) is 134 Å². The van der Waals surface area contributed by atoms with E-state index in [0.717, 1.165) is 16.7 Å². The molecule has 2 heterocycles. The summed E-state index contributed by atoms with van der Waals surface area (Å²) in [6.45, 7) is 35.2. The number of benzene rings is 5. The van der Waals surface area contributed by atoms with Gasteiger partial charge in [0.25, 0.3) is 11.8 Å². The Morgan fingerprint density at radius 2 is 1.01 bits per heavy atom. The normalized spacial score (nSPS) is 21.5. The first kappa shape index (κ1) is 83.8. The lowest BCUT2D eigenvalue weighted by Gasteiger charge is -2.55. The van der Waals surface area contributed by atoms with Crippen LogP contribution < -0.4 is 23.7 Å². The van der Waals surface area contributed by atoms with Gasteiger partial charge in [-0.1, -0.05) is 165 Å². The number of rotatable bonds is 17. The fourth-order valence-corrected chi connectivity index (χ4v) is 17.4. The third-order valence-corrected chi connectivity index (χ3v) is 30.7. The first-order chi connectivity index (χ1) is 51.9. The zero-order valence-electron chi connectivity index (χ0n) is 67.9. The van der Waals surface area contributed by atoms with Crippen molar-refractivity contribution in [2.75, 3.05) is 28.2 Å². The van der Waals surface area contributed by atoms with E-state index in [4.69, 9.17) is 51.1 Å². The summed E-state index contributed by atoms with van der Waals surface area (Å²) in [7, 11) is 2.14. The number of ether oxygens (including phenoxy) is 7. The lowest BCUT2D eigenvalue weighted by Crippen LogP contribution is -2.68. The van der Waals surface area contributed by atoms with E-state index >= 15 is 9.59 Å². The summed E-state index contributed by atoms with van der Waals surface area (Å²) >= 11 is 0. The summed E-state index contributed by atoms with van der Waals surface area (Å²) in [4.78, 5) is 100. The van der Waals surface area contributed by atoms with E-state index in [-0.39, 0.29) is 92.8 Å². The number of fused-ring (bicyclic) bond motifs is 6. The van der Waals surface area contributed by atoms with Crippen LogP contribution in [0.3, 0.4) is 0 Å². The minimum absolute atomic E-state index is 0.0177. The molecule has 1 N–H and O–H groups in total. The predicted molar refractivity (Wildman–Crippen MR) is 422 cm³/mol. The maximum atomic E-state index is 15.6. The van der Waals surface area contributed by atoms with Crippen LogP contribution in [0.15, 0.2) is 154 Å². The SMILES string of the molecule is CCc1cccc(OC(=O)OC(C)(C)C)c1C(=O)Oc1ccccc1.CN(C)[C@@H]1c2onc(OCc3ccccc3)c2C(=O)[C@@]2(O[Si](C)(C)C(C)(C)C)C(=O)C=CC[C@@H]12.C[C@H]1c2cccc(OC(=O)OC(C)(C)C)c2C(O)=C2C(=O)[C@]3(O[Si](C)(C)C(C)(C)C)C(=O)c4c(OCc5ccccc5)noc4[C@@H](N(C)C)[C@@H]3C[C@@H]21. The van der Waals surface area contributed by atoms with Crippen molar-refractivity contribution in [3.05, 3.63) is 201 Å². The van der Waals surface area contributed by atoms with Gasteiger partial charge < -0.3 is 56.2 Å². The molecule has 592 valence electrons. The number of esters is 1. The topological polar surface area (TPSA) is 281 Å². The molecule has 12 rings (SSSR count). The molecule has 5 aliphatic carbocycles. The van der Waals surface area contributed by atoms with Gasteiger partial charge in [-0.05, 0) is 200 Å². The molecule has 1 fully saturated rings. The van der Waals surface area contributed by atoms with E-state index in [1.54, 1.807) is 96.1 Å². The first-order valence-electron chi connectivity index (χ1n) is 37.6. The van der Waals surface area contributed by atoms with Crippen molar-refractivity contribution in [1.29, 1.82) is 0 Å². The number of aryl methyl sites for hydroxylation is 1. The molecule has 7 aromatic rings. The molecule has 8 atom stereocenters. The summed E-state index contributed by atoms with van der Waals surface area (Å²) < 4.78 is 64.7. The number of nitrogens with zero attached hydrogens (tertiary/aromatic N) is 4. The van der Waals surface area contributed by atoms with Crippen LogP contribution in [0.4, 0.5) is 9.59 Å². The molecule has 23 nitrogen and oxygen atoms in total. The molecule has 0 bridgehead atoms. The fraction of sp³-hybridized carbons (Fsp3) is 0.453. The van der Waals surface area contributed by atoms with E-state index in [9.17, 15) is 29.1 Å². The standard InChI is InChI=1S/C40H50N2O9Si.C26H34N2O5Si.C20H22O5/c1-22-24-18-15-19-27(48-37(46)49-38(2,3)4)28(24)32(43)29-25(22)20-26-31(42(8)9)33-30(36(41-50-33)47-21-23-16-13-12-14-17-23)35(45)40(26,34(29)44)51-52(10,11)39(5,6)7;1-25(2,3)34(6,7)33-26-18(14-11-15-19(26)29)21(28(4)5)22-20(23(26)30)24(27-32-22)31-16-17-12-9-8-10-13-17;1-5-14-10-9-13-16(24-19(22)25-20(2,3)4)17(14)18(21)23-15-11-7-6-8-12-15/h12-19,22,25-26,31,43H,20-21H2,1-11H3;8-13,15,18,21H,14,16H2,1-7H3;6-13H,5H2,1-4H3/t22-,25+,26-,31-,40-;18-,21-,26-;/m00./s1. The van der Waals surface area contributed by atoms with Crippen molar-refractivity contribution in [2.45, 2.75) is 206 Å². The van der Waals surface area contributed by atoms with Gasteiger partial charge in [0.1, 0.15) is 64.1 Å². The maximum Gasteiger partial charge on any atom is 0.514 e. The fourth-order valence-electron chi connectivity index (χ4n) is 14.5. The number of allylic oxidation sites excluding steroid dienone is 1. The van der Waals surface area contributed by atoms with Gasteiger partial charge in [0.05, 0.1) is 17.6 Å². The van der Waals surface area contributed by atoms with Crippen molar-refractivity contribution >= 4 is 63.8 Å². The van der Waals surface area contributed by atoms with Gasteiger partial charge in [0.15, 0.2) is 45.1 Å². The Morgan fingerprint density at radius 3 is 1.49 bits per heavy atom. The van der Waals surface area contributed by atoms with Crippen LogP contribution in [0, 0.1) is 17.8 Å². The maximum absolute atomic E-state index is 15.6. The highest BCUT2D eigenvalue weighted by atomic mass is 28.4. The highest BCUT2D eigenvalue weighted by Gasteiger charge is 2.70. The molecule has 2 aromatic heterocycles. The number of carbonyl (C=O) groups is 7. The smallest absolute Gasteiger partial charge is 0.507 e. The number of aromatic nitrogens is 2. The zero-order chi connectivity index (χ0) is 81.5. The molecule has 0 unspecified atom stereocenters. The average molecular weight is 1560 g/mol. The minimum atomic E-state index is -2.91.